The highest BCUT2D eigenvalue weighted by Crippen LogP contribution is 2.29. The molecule has 0 spiro atoms. The van der Waals surface area contributed by atoms with Gasteiger partial charge in [0.05, 0.1) is 0 Å². The summed E-state index contributed by atoms with van der Waals surface area (Å²) in [5, 5.41) is 5.44. The Hall–Kier alpha value is -3.15. The molecule has 0 aromatic heterocycles. The third-order valence-corrected chi connectivity index (χ3v) is 4.98. The van der Waals surface area contributed by atoms with Crippen molar-refractivity contribution in [1.29, 1.82) is 0 Å². The molecule has 1 saturated heterocycles. The van der Waals surface area contributed by atoms with Crippen molar-refractivity contribution in [3.63, 3.8) is 0 Å². The summed E-state index contributed by atoms with van der Waals surface area (Å²) >= 11 is 0. The average Bonchev–Trinajstić information content (AvgIpc) is 2.88. The Kier molecular flexibility index (Phi) is 5.49. The first-order chi connectivity index (χ1) is 13.3. The van der Waals surface area contributed by atoms with E-state index in [9.17, 15) is 14.4 Å². The van der Waals surface area contributed by atoms with Gasteiger partial charge in [0, 0.05) is 5.69 Å². The van der Waals surface area contributed by atoms with Crippen LogP contribution in [0.4, 0.5) is 10.5 Å². The van der Waals surface area contributed by atoms with Crippen LogP contribution in [0.3, 0.4) is 0 Å². The lowest BCUT2D eigenvalue weighted by molar-refractivity contribution is -0.133. The van der Waals surface area contributed by atoms with Crippen LogP contribution >= 0.6 is 0 Å². The monoisotopic (exact) mass is 379 g/mol. The number of carbonyl (C=O) groups excluding carboxylic acids is 3. The number of anilines is 1. The van der Waals surface area contributed by atoms with Gasteiger partial charge in [0.2, 0.25) is 5.91 Å². The van der Waals surface area contributed by atoms with Gasteiger partial charge in [0.15, 0.2) is 0 Å². The molecule has 6 nitrogen and oxygen atoms in total. The SMILES string of the molecule is CCCc1ccc(C2(C)NC(=O)N(CC(=O)Nc3ccc(C)cc3)C2=O)cc1. The molecule has 2 aromatic rings. The van der Waals surface area contributed by atoms with E-state index in [1.165, 1.54) is 5.56 Å². The van der Waals surface area contributed by atoms with E-state index in [0.717, 1.165) is 23.3 Å². The Labute approximate surface area is 164 Å². The van der Waals surface area contributed by atoms with Crippen LogP contribution in [0, 0.1) is 6.92 Å². The predicted molar refractivity (Wildman–Crippen MR) is 108 cm³/mol. The molecule has 146 valence electrons. The molecule has 3 rings (SSSR count). The van der Waals surface area contributed by atoms with E-state index in [-0.39, 0.29) is 6.54 Å². The van der Waals surface area contributed by atoms with Gasteiger partial charge in [-0.05, 0) is 43.5 Å². The van der Waals surface area contributed by atoms with Crippen molar-refractivity contribution < 1.29 is 14.4 Å². The van der Waals surface area contributed by atoms with E-state index >= 15 is 0 Å². The van der Waals surface area contributed by atoms with Gasteiger partial charge in [-0.2, -0.15) is 0 Å². The molecule has 0 aliphatic carbocycles. The highest BCUT2D eigenvalue weighted by molar-refractivity contribution is 6.10. The summed E-state index contributed by atoms with van der Waals surface area (Å²) in [5.41, 5.74) is 2.41. The van der Waals surface area contributed by atoms with E-state index in [0.29, 0.717) is 11.3 Å². The van der Waals surface area contributed by atoms with Crippen molar-refractivity contribution in [1.82, 2.24) is 10.2 Å². The van der Waals surface area contributed by atoms with Crippen molar-refractivity contribution in [2.45, 2.75) is 39.2 Å². The minimum Gasteiger partial charge on any atom is -0.325 e. The number of hydrogen-bond donors (Lipinski definition) is 2. The molecule has 1 atom stereocenters. The third kappa shape index (κ3) is 3.91. The van der Waals surface area contributed by atoms with Crippen molar-refractivity contribution >= 4 is 23.5 Å². The summed E-state index contributed by atoms with van der Waals surface area (Å²) in [6.07, 6.45) is 2.00. The first-order valence-electron chi connectivity index (χ1n) is 9.43. The molecular weight excluding hydrogens is 354 g/mol. The van der Waals surface area contributed by atoms with Crippen LogP contribution < -0.4 is 10.6 Å². The zero-order valence-corrected chi connectivity index (χ0v) is 16.4. The first kappa shape index (κ1) is 19.6. The molecule has 1 aliphatic heterocycles. The topological polar surface area (TPSA) is 78.5 Å². The average molecular weight is 379 g/mol. The van der Waals surface area contributed by atoms with E-state index in [4.69, 9.17) is 0 Å². The fraction of sp³-hybridized carbons (Fsp3) is 0.318. The fourth-order valence-corrected chi connectivity index (χ4v) is 3.31. The second-order valence-electron chi connectivity index (χ2n) is 7.31. The lowest BCUT2D eigenvalue weighted by Gasteiger charge is -2.22. The second kappa shape index (κ2) is 7.84. The maximum absolute atomic E-state index is 12.9. The van der Waals surface area contributed by atoms with Gasteiger partial charge in [-0.15, -0.1) is 0 Å². The molecule has 4 amide bonds. The predicted octanol–water partition coefficient (Wildman–Crippen LogP) is 3.35. The molecule has 1 unspecified atom stereocenters. The van der Waals surface area contributed by atoms with E-state index in [1.54, 1.807) is 19.1 Å². The zero-order chi connectivity index (χ0) is 20.3. The maximum atomic E-state index is 12.9. The summed E-state index contributed by atoms with van der Waals surface area (Å²) in [4.78, 5) is 38.6. The van der Waals surface area contributed by atoms with E-state index in [2.05, 4.69) is 17.6 Å². The van der Waals surface area contributed by atoms with Crippen LogP contribution in [-0.4, -0.2) is 29.3 Å². The Bertz CT molecular complexity index is 890. The highest BCUT2D eigenvalue weighted by atomic mass is 16.2. The normalized spacial score (nSPS) is 18.9. The number of hydrogen-bond acceptors (Lipinski definition) is 3. The Balaban J connectivity index is 1.71. The number of amides is 4. The highest BCUT2D eigenvalue weighted by Gasteiger charge is 2.49. The molecule has 28 heavy (non-hydrogen) atoms. The minimum atomic E-state index is -1.17. The quantitative estimate of drug-likeness (QED) is 0.756. The largest absolute Gasteiger partial charge is 0.325 e. The minimum absolute atomic E-state index is 0.331. The number of nitrogens with one attached hydrogen (secondary N) is 2. The summed E-state index contributed by atoms with van der Waals surface area (Å²) < 4.78 is 0. The lowest BCUT2D eigenvalue weighted by Crippen LogP contribution is -2.42. The van der Waals surface area contributed by atoms with E-state index in [1.807, 2.05) is 43.3 Å². The van der Waals surface area contributed by atoms with Crippen LogP contribution in [0.25, 0.3) is 0 Å². The molecule has 0 radical (unpaired) electrons. The summed E-state index contributed by atoms with van der Waals surface area (Å²) in [5.74, 6) is -0.852. The third-order valence-electron chi connectivity index (χ3n) is 4.98. The summed E-state index contributed by atoms with van der Waals surface area (Å²) in [7, 11) is 0. The molecular formula is C22H25N3O3. The van der Waals surface area contributed by atoms with Crippen molar-refractivity contribution in [2.24, 2.45) is 0 Å². The van der Waals surface area contributed by atoms with Crippen molar-refractivity contribution in [2.75, 3.05) is 11.9 Å². The Morgan fingerprint density at radius 2 is 1.71 bits per heavy atom. The zero-order valence-electron chi connectivity index (χ0n) is 16.4. The van der Waals surface area contributed by atoms with Crippen LogP contribution in [0.5, 0.6) is 0 Å². The number of carbonyl (C=O) groups is 3. The number of imide groups is 1. The fourth-order valence-electron chi connectivity index (χ4n) is 3.31. The molecule has 1 aliphatic rings. The lowest BCUT2D eigenvalue weighted by atomic mass is 9.91. The smallest absolute Gasteiger partial charge is 0.325 e. The molecule has 1 heterocycles. The van der Waals surface area contributed by atoms with Crippen LogP contribution in [-0.2, 0) is 21.5 Å². The number of rotatable bonds is 6. The number of nitrogens with zero attached hydrogens (tertiary/aromatic N) is 1. The van der Waals surface area contributed by atoms with Gasteiger partial charge in [0.1, 0.15) is 12.1 Å². The van der Waals surface area contributed by atoms with Gasteiger partial charge in [-0.1, -0.05) is 55.3 Å². The second-order valence-corrected chi connectivity index (χ2v) is 7.31. The van der Waals surface area contributed by atoms with Crippen LogP contribution in [0.15, 0.2) is 48.5 Å². The summed E-state index contributed by atoms with van der Waals surface area (Å²) in [6.45, 7) is 5.39. The standard InChI is InChI=1S/C22H25N3O3/c1-4-5-16-8-10-17(11-9-16)22(3)20(27)25(21(28)24-22)14-19(26)23-18-12-6-15(2)7-13-18/h6-13H,4-5,14H2,1-3H3,(H,23,26)(H,24,28). The van der Waals surface area contributed by atoms with Crippen molar-refractivity contribution in [3.8, 4) is 0 Å². The van der Waals surface area contributed by atoms with Crippen LogP contribution in [0.2, 0.25) is 0 Å². The van der Waals surface area contributed by atoms with Crippen LogP contribution in [0.1, 0.15) is 37.0 Å². The number of aryl methyl sites for hydroxylation is 2. The molecule has 2 aromatic carbocycles. The molecule has 0 saturated carbocycles. The molecule has 0 bridgehead atoms. The Morgan fingerprint density at radius 3 is 2.32 bits per heavy atom. The maximum Gasteiger partial charge on any atom is 0.325 e. The first-order valence-corrected chi connectivity index (χ1v) is 9.43. The molecule has 2 N–H and O–H groups in total. The number of urea groups is 1. The summed E-state index contributed by atoms with van der Waals surface area (Å²) in [6, 6.07) is 14.4. The van der Waals surface area contributed by atoms with Gasteiger partial charge >= 0.3 is 6.03 Å². The molecule has 1 fully saturated rings. The van der Waals surface area contributed by atoms with Gasteiger partial charge in [-0.3, -0.25) is 14.5 Å². The Morgan fingerprint density at radius 1 is 1.07 bits per heavy atom. The van der Waals surface area contributed by atoms with Gasteiger partial charge < -0.3 is 10.6 Å². The van der Waals surface area contributed by atoms with Crippen molar-refractivity contribution in [3.05, 3.63) is 65.2 Å². The number of benzene rings is 2. The van der Waals surface area contributed by atoms with Gasteiger partial charge in [-0.25, -0.2) is 4.79 Å². The van der Waals surface area contributed by atoms with Gasteiger partial charge in [0.25, 0.3) is 5.91 Å². The molecule has 6 heteroatoms. The van der Waals surface area contributed by atoms with E-state index < -0.39 is 23.4 Å².